The molecule has 0 amide bonds. The van der Waals surface area contributed by atoms with E-state index in [2.05, 4.69) is 14.9 Å². The van der Waals surface area contributed by atoms with Gasteiger partial charge in [0.2, 0.25) is 0 Å². The third-order valence-corrected chi connectivity index (χ3v) is 5.40. The van der Waals surface area contributed by atoms with Gasteiger partial charge < -0.3 is 9.72 Å². The maximum absolute atomic E-state index is 13.9. The van der Waals surface area contributed by atoms with Gasteiger partial charge >= 0.3 is 0 Å². The SMILES string of the molecule is COc1ccc(CN2CCc3nc(-c4cccs4)[nH]c(=O)c3C2)cc1F. The van der Waals surface area contributed by atoms with Crippen LogP contribution in [0.2, 0.25) is 0 Å². The Morgan fingerprint density at radius 1 is 1.38 bits per heavy atom. The van der Waals surface area contributed by atoms with Crippen molar-refractivity contribution in [3.8, 4) is 16.5 Å². The molecule has 1 N–H and O–H groups in total. The molecule has 0 spiro atoms. The van der Waals surface area contributed by atoms with Gasteiger partial charge in [0.25, 0.3) is 5.56 Å². The molecule has 7 heteroatoms. The molecule has 3 heterocycles. The summed E-state index contributed by atoms with van der Waals surface area (Å²) in [5.74, 6) is 0.497. The number of nitrogens with zero attached hydrogens (tertiary/aromatic N) is 2. The number of methoxy groups -OCH3 is 1. The Bertz CT molecular complexity index is 985. The summed E-state index contributed by atoms with van der Waals surface area (Å²) in [6.07, 6.45) is 0.705. The fraction of sp³-hybridized carbons (Fsp3) is 0.263. The van der Waals surface area contributed by atoms with E-state index in [0.717, 1.165) is 22.7 Å². The van der Waals surface area contributed by atoms with Crippen molar-refractivity contribution < 1.29 is 9.13 Å². The monoisotopic (exact) mass is 371 g/mol. The lowest BCUT2D eigenvalue weighted by molar-refractivity contribution is 0.241. The highest BCUT2D eigenvalue weighted by molar-refractivity contribution is 7.13. The van der Waals surface area contributed by atoms with Crippen LogP contribution in [0.5, 0.6) is 5.75 Å². The molecule has 0 radical (unpaired) electrons. The number of nitrogens with one attached hydrogen (secondary N) is 1. The zero-order valence-corrected chi connectivity index (χ0v) is 15.1. The first-order valence-corrected chi connectivity index (χ1v) is 9.22. The van der Waals surface area contributed by atoms with Crippen LogP contribution in [-0.2, 0) is 19.5 Å². The van der Waals surface area contributed by atoms with E-state index in [1.807, 2.05) is 23.6 Å². The molecule has 0 saturated heterocycles. The quantitative estimate of drug-likeness (QED) is 0.765. The van der Waals surface area contributed by atoms with Crippen molar-refractivity contribution in [2.75, 3.05) is 13.7 Å². The van der Waals surface area contributed by atoms with E-state index in [4.69, 9.17) is 4.74 Å². The number of aromatic nitrogens is 2. The number of H-pyrrole nitrogens is 1. The van der Waals surface area contributed by atoms with E-state index in [9.17, 15) is 9.18 Å². The van der Waals surface area contributed by atoms with Gasteiger partial charge in [0.1, 0.15) is 0 Å². The summed E-state index contributed by atoms with van der Waals surface area (Å²) in [4.78, 5) is 23.1. The molecule has 2 aromatic heterocycles. The molecule has 3 aromatic rings. The Morgan fingerprint density at radius 2 is 2.27 bits per heavy atom. The molecule has 0 bridgehead atoms. The Morgan fingerprint density at radius 3 is 3.00 bits per heavy atom. The number of ether oxygens (including phenoxy) is 1. The third-order valence-electron chi connectivity index (χ3n) is 4.52. The van der Waals surface area contributed by atoms with Crippen LogP contribution in [0, 0.1) is 5.82 Å². The van der Waals surface area contributed by atoms with Gasteiger partial charge in [-0.15, -0.1) is 11.3 Å². The van der Waals surface area contributed by atoms with E-state index in [1.165, 1.54) is 13.2 Å². The zero-order valence-electron chi connectivity index (χ0n) is 14.3. The predicted octanol–water partition coefficient (Wildman–Crippen LogP) is 3.20. The molecule has 1 aliphatic rings. The molecule has 0 fully saturated rings. The van der Waals surface area contributed by atoms with E-state index >= 15 is 0 Å². The molecule has 1 aromatic carbocycles. The van der Waals surface area contributed by atoms with Gasteiger partial charge in [-0.1, -0.05) is 12.1 Å². The summed E-state index contributed by atoms with van der Waals surface area (Å²) in [5.41, 5.74) is 2.32. The number of fused-ring (bicyclic) bond motifs is 1. The van der Waals surface area contributed by atoms with Crippen molar-refractivity contribution in [2.45, 2.75) is 19.5 Å². The number of thiophene rings is 1. The standard InChI is InChI=1S/C19H18FN3O2S/c1-25-16-5-4-12(9-14(16)20)10-23-7-6-15-13(11-23)19(24)22-18(21-15)17-3-2-8-26-17/h2-5,8-9H,6-7,10-11H2,1H3,(H,21,22,24). The third kappa shape index (κ3) is 3.27. The van der Waals surface area contributed by atoms with Crippen LogP contribution in [0.3, 0.4) is 0 Å². The lowest BCUT2D eigenvalue weighted by Crippen LogP contribution is -2.35. The smallest absolute Gasteiger partial charge is 0.255 e. The Labute approximate surface area is 154 Å². The Balaban J connectivity index is 1.55. The number of hydrogen-bond donors (Lipinski definition) is 1. The molecular weight excluding hydrogens is 353 g/mol. The summed E-state index contributed by atoms with van der Waals surface area (Å²) in [6.45, 7) is 1.86. The second-order valence-corrected chi connectivity index (χ2v) is 7.19. The number of hydrogen-bond acceptors (Lipinski definition) is 5. The van der Waals surface area contributed by atoms with Crippen molar-refractivity contribution in [3.05, 3.63) is 68.7 Å². The normalized spacial score (nSPS) is 14.2. The van der Waals surface area contributed by atoms with E-state index < -0.39 is 0 Å². The summed E-state index contributed by atoms with van der Waals surface area (Å²) in [6, 6.07) is 8.85. The first kappa shape index (κ1) is 16.9. The molecule has 26 heavy (non-hydrogen) atoms. The average molecular weight is 371 g/mol. The summed E-state index contributed by atoms with van der Waals surface area (Å²) < 4.78 is 18.8. The minimum absolute atomic E-state index is 0.0935. The zero-order chi connectivity index (χ0) is 18.1. The Kier molecular flexibility index (Phi) is 4.57. The van der Waals surface area contributed by atoms with Crippen LogP contribution in [-0.4, -0.2) is 28.5 Å². The molecule has 5 nitrogen and oxygen atoms in total. The maximum atomic E-state index is 13.9. The maximum Gasteiger partial charge on any atom is 0.255 e. The summed E-state index contributed by atoms with van der Waals surface area (Å²) >= 11 is 1.55. The van der Waals surface area contributed by atoms with Gasteiger partial charge in [-0.25, -0.2) is 9.37 Å². The summed E-state index contributed by atoms with van der Waals surface area (Å²) in [7, 11) is 1.45. The molecular formula is C19H18FN3O2S. The molecule has 0 saturated carbocycles. The number of aromatic amines is 1. The first-order valence-electron chi connectivity index (χ1n) is 8.35. The van der Waals surface area contributed by atoms with Crippen molar-refractivity contribution >= 4 is 11.3 Å². The molecule has 4 rings (SSSR count). The second-order valence-electron chi connectivity index (χ2n) is 6.25. The highest BCUT2D eigenvalue weighted by Crippen LogP contribution is 2.24. The van der Waals surface area contributed by atoms with Crippen LogP contribution >= 0.6 is 11.3 Å². The van der Waals surface area contributed by atoms with E-state index in [0.29, 0.717) is 30.9 Å². The van der Waals surface area contributed by atoms with Crippen LogP contribution in [0.1, 0.15) is 16.8 Å². The average Bonchev–Trinajstić information content (AvgIpc) is 3.17. The van der Waals surface area contributed by atoms with Crippen molar-refractivity contribution in [1.29, 1.82) is 0 Å². The van der Waals surface area contributed by atoms with Crippen LogP contribution in [0.25, 0.3) is 10.7 Å². The highest BCUT2D eigenvalue weighted by Gasteiger charge is 2.22. The van der Waals surface area contributed by atoms with Gasteiger partial charge in [-0.05, 0) is 29.1 Å². The van der Waals surface area contributed by atoms with Gasteiger partial charge in [0.15, 0.2) is 17.4 Å². The van der Waals surface area contributed by atoms with Crippen LogP contribution in [0.15, 0.2) is 40.5 Å². The predicted molar refractivity (Wildman–Crippen MR) is 98.9 cm³/mol. The van der Waals surface area contributed by atoms with Crippen molar-refractivity contribution in [3.63, 3.8) is 0 Å². The van der Waals surface area contributed by atoms with E-state index in [-0.39, 0.29) is 17.1 Å². The number of benzene rings is 1. The first-order chi connectivity index (χ1) is 12.6. The van der Waals surface area contributed by atoms with Crippen LogP contribution in [0.4, 0.5) is 4.39 Å². The molecule has 0 unspecified atom stereocenters. The highest BCUT2D eigenvalue weighted by atomic mass is 32.1. The second kappa shape index (κ2) is 7.01. The number of rotatable bonds is 4. The minimum atomic E-state index is -0.373. The number of halogens is 1. The lowest BCUT2D eigenvalue weighted by Gasteiger charge is -2.27. The molecule has 0 atom stereocenters. The fourth-order valence-corrected chi connectivity index (χ4v) is 3.88. The molecule has 134 valence electrons. The van der Waals surface area contributed by atoms with Gasteiger partial charge in [-0.3, -0.25) is 9.69 Å². The fourth-order valence-electron chi connectivity index (χ4n) is 3.21. The summed E-state index contributed by atoms with van der Waals surface area (Å²) in [5, 5.41) is 1.96. The lowest BCUT2D eigenvalue weighted by atomic mass is 10.1. The largest absolute Gasteiger partial charge is 0.494 e. The van der Waals surface area contributed by atoms with Gasteiger partial charge in [0, 0.05) is 26.1 Å². The molecule has 1 aliphatic heterocycles. The van der Waals surface area contributed by atoms with Crippen molar-refractivity contribution in [1.82, 2.24) is 14.9 Å². The van der Waals surface area contributed by atoms with Crippen LogP contribution < -0.4 is 10.3 Å². The van der Waals surface area contributed by atoms with Gasteiger partial charge in [-0.2, -0.15) is 0 Å². The topological polar surface area (TPSA) is 58.2 Å². The Hall–Kier alpha value is -2.51. The van der Waals surface area contributed by atoms with Crippen molar-refractivity contribution in [2.24, 2.45) is 0 Å². The van der Waals surface area contributed by atoms with Gasteiger partial charge in [0.05, 0.1) is 23.2 Å². The molecule has 0 aliphatic carbocycles. The van der Waals surface area contributed by atoms with E-state index in [1.54, 1.807) is 17.4 Å². The minimum Gasteiger partial charge on any atom is -0.494 e.